The molecule has 5 nitrogen and oxygen atoms in total. The number of carbonyl (C=O) groups excluding carboxylic acids is 1. The first kappa shape index (κ1) is 17.9. The van der Waals surface area contributed by atoms with Crippen molar-refractivity contribution in [3.05, 3.63) is 58.9 Å². The number of thiazole rings is 1. The Bertz CT molecular complexity index is 956. The number of carbonyl (C=O) groups is 1. The SMILES string of the molecule is COc1ccc(NC(=O)c2nc(-c3ccccc3F)sc2C)cc1OC. The molecule has 3 aromatic rings. The Kier molecular flexibility index (Phi) is 5.18. The van der Waals surface area contributed by atoms with E-state index in [4.69, 9.17) is 9.47 Å². The predicted octanol–water partition coefficient (Wildman–Crippen LogP) is 4.53. The summed E-state index contributed by atoms with van der Waals surface area (Å²) >= 11 is 1.28. The number of nitrogens with zero attached hydrogens (tertiary/aromatic N) is 1. The predicted molar refractivity (Wildman–Crippen MR) is 99.7 cm³/mol. The minimum Gasteiger partial charge on any atom is -0.493 e. The number of rotatable bonds is 5. The molecule has 0 spiro atoms. The van der Waals surface area contributed by atoms with Gasteiger partial charge in [0.25, 0.3) is 5.91 Å². The number of aryl methyl sites for hydroxylation is 1. The van der Waals surface area contributed by atoms with Gasteiger partial charge in [-0.05, 0) is 31.2 Å². The molecule has 7 heteroatoms. The van der Waals surface area contributed by atoms with Gasteiger partial charge in [-0.2, -0.15) is 0 Å². The average molecular weight is 372 g/mol. The van der Waals surface area contributed by atoms with Crippen molar-refractivity contribution in [3.8, 4) is 22.1 Å². The lowest BCUT2D eigenvalue weighted by Gasteiger charge is -2.10. The summed E-state index contributed by atoms with van der Waals surface area (Å²) in [7, 11) is 3.06. The number of hydrogen-bond acceptors (Lipinski definition) is 5. The Balaban J connectivity index is 1.86. The number of amides is 1. The molecule has 1 aromatic heterocycles. The van der Waals surface area contributed by atoms with Crippen molar-refractivity contribution >= 4 is 22.9 Å². The number of nitrogens with one attached hydrogen (secondary N) is 1. The number of ether oxygens (including phenoxy) is 2. The lowest BCUT2D eigenvalue weighted by molar-refractivity contribution is 0.102. The summed E-state index contributed by atoms with van der Waals surface area (Å²) in [4.78, 5) is 17.6. The van der Waals surface area contributed by atoms with Gasteiger partial charge in [0.1, 0.15) is 16.5 Å². The smallest absolute Gasteiger partial charge is 0.275 e. The molecule has 0 saturated carbocycles. The minimum atomic E-state index is -0.368. The summed E-state index contributed by atoms with van der Waals surface area (Å²) in [5, 5.41) is 3.25. The van der Waals surface area contributed by atoms with E-state index in [1.807, 2.05) is 0 Å². The highest BCUT2D eigenvalue weighted by atomic mass is 32.1. The molecule has 0 unspecified atom stereocenters. The minimum absolute atomic E-state index is 0.267. The fourth-order valence-electron chi connectivity index (χ4n) is 2.46. The molecule has 0 aliphatic heterocycles. The summed E-state index contributed by atoms with van der Waals surface area (Å²) in [5.41, 5.74) is 1.20. The van der Waals surface area contributed by atoms with Crippen molar-refractivity contribution in [1.29, 1.82) is 0 Å². The van der Waals surface area contributed by atoms with Crippen molar-refractivity contribution in [2.45, 2.75) is 6.92 Å². The first-order chi connectivity index (χ1) is 12.5. The molecule has 1 N–H and O–H groups in total. The third kappa shape index (κ3) is 3.52. The van der Waals surface area contributed by atoms with E-state index in [2.05, 4.69) is 10.3 Å². The number of hydrogen-bond donors (Lipinski definition) is 1. The maximum atomic E-state index is 14.0. The van der Waals surface area contributed by atoms with Gasteiger partial charge in [-0.25, -0.2) is 9.37 Å². The Morgan fingerprint density at radius 1 is 1.12 bits per heavy atom. The van der Waals surface area contributed by atoms with Gasteiger partial charge in [0.05, 0.1) is 14.2 Å². The first-order valence-corrected chi connectivity index (χ1v) is 8.61. The number of benzene rings is 2. The molecular formula is C19H17FN2O3S. The fraction of sp³-hybridized carbons (Fsp3) is 0.158. The molecule has 0 aliphatic carbocycles. The second kappa shape index (κ2) is 7.53. The van der Waals surface area contributed by atoms with Gasteiger partial charge in [0.15, 0.2) is 11.5 Å². The molecule has 3 rings (SSSR count). The molecule has 2 aromatic carbocycles. The standard InChI is InChI=1S/C19H17FN2O3S/c1-11-17(22-19(26-11)13-6-4-5-7-14(13)20)18(23)21-12-8-9-15(24-2)16(10-12)25-3/h4-10H,1-3H3,(H,21,23). The van der Waals surface area contributed by atoms with Crippen LogP contribution in [0, 0.1) is 12.7 Å². The lowest BCUT2D eigenvalue weighted by Crippen LogP contribution is -2.13. The van der Waals surface area contributed by atoms with Crippen molar-refractivity contribution in [1.82, 2.24) is 4.98 Å². The molecule has 134 valence electrons. The summed E-state index contributed by atoms with van der Waals surface area (Å²) < 4.78 is 24.4. The van der Waals surface area contributed by atoms with Crippen LogP contribution in [0.25, 0.3) is 10.6 Å². The van der Waals surface area contributed by atoms with Gasteiger partial charge in [0, 0.05) is 22.2 Å². The van der Waals surface area contributed by atoms with Crippen LogP contribution in [0.5, 0.6) is 11.5 Å². The lowest BCUT2D eigenvalue weighted by atomic mass is 10.2. The summed E-state index contributed by atoms with van der Waals surface area (Å²) in [6.07, 6.45) is 0. The Morgan fingerprint density at radius 3 is 2.54 bits per heavy atom. The average Bonchev–Trinajstić information content (AvgIpc) is 3.03. The summed E-state index contributed by atoms with van der Waals surface area (Å²) in [5.74, 6) is 0.339. The molecule has 0 atom stereocenters. The third-order valence-electron chi connectivity index (χ3n) is 3.76. The monoisotopic (exact) mass is 372 g/mol. The summed E-state index contributed by atoms with van der Waals surface area (Å²) in [6.45, 7) is 1.78. The number of anilines is 1. The molecule has 0 bridgehead atoms. The second-order valence-corrected chi connectivity index (χ2v) is 6.63. The van der Waals surface area contributed by atoms with Gasteiger partial charge in [-0.3, -0.25) is 4.79 Å². The largest absolute Gasteiger partial charge is 0.493 e. The zero-order valence-electron chi connectivity index (χ0n) is 14.5. The zero-order valence-corrected chi connectivity index (χ0v) is 15.3. The number of methoxy groups -OCH3 is 2. The van der Waals surface area contributed by atoms with Gasteiger partial charge >= 0.3 is 0 Å². The topological polar surface area (TPSA) is 60.5 Å². The Morgan fingerprint density at radius 2 is 1.85 bits per heavy atom. The summed E-state index contributed by atoms with van der Waals surface area (Å²) in [6, 6.07) is 11.4. The fourth-order valence-corrected chi connectivity index (χ4v) is 3.40. The molecule has 0 saturated heterocycles. The van der Waals surface area contributed by atoms with E-state index in [1.54, 1.807) is 50.4 Å². The van der Waals surface area contributed by atoms with E-state index >= 15 is 0 Å². The van der Waals surface area contributed by atoms with Crippen LogP contribution >= 0.6 is 11.3 Å². The maximum Gasteiger partial charge on any atom is 0.275 e. The van der Waals surface area contributed by atoms with E-state index in [0.29, 0.717) is 32.6 Å². The molecule has 0 fully saturated rings. The van der Waals surface area contributed by atoms with Crippen molar-refractivity contribution in [3.63, 3.8) is 0 Å². The molecule has 0 aliphatic rings. The number of aromatic nitrogens is 1. The third-order valence-corrected chi connectivity index (χ3v) is 4.76. The van der Waals surface area contributed by atoms with Gasteiger partial charge < -0.3 is 14.8 Å². The van der Waals surface area contributed by atoms with E-state index in [-0.39, 0.29) is 17.4 Å². The van der Waals surface area contributed by atoms with Crippen LogP contribution in [0.1, 0.15) is 15.4 Å². The Labute approximate surface area is 154 Å². The van der Waals surface area contributed by atoms with Crippen molar-refractivity contribution < 1.29 is 18.7 Å². The maximum absolute atomic E-state index is 14.0. The molecule has 0 radical (unpaired) electrons. The van der Waals surface area contributed by atoms with Crippen LogP contribution in [-0.2, 0) is 0 Å². The van der Waals surface area contributed by atoms with Crippen LogP contribution < -0.4 is 14.8 Å². The molecule has 1 amide bonds. The quantitative estimate of drug-likeness (QED) is 0.715. The van der Waals surface area contributed by atoms with Gasteiger partial charge in [-0.1, -0.05) is 12.1 Å². The van der Waals surface area contributed by atoms with Gasteiger partial charge in [0.2, 0.25) is 0 Å². The highest BCUT2D eigenvalue weighted by Crippen LogP contribution is 2.32. The van der Waals surface area contributed by atoms with Crippen molar-refractivity contribution in [2.24, 2.45) is 0 Å². The van der Waals surface area contributed by atoms with Crippen LogP contribution in [0.15, 0.2) is 42.5 Å². The second-order valence-electron chi connectivity index (χ2n) is 5.43. The highest BCUT2D eigenvalue weighted by Gasteiger charge is 2.18. The van der Waals surface area contributed by atoms with Crippen LogP contribution in [-0.4, -0.2) is 25.1 Å². The van der Waals surface area contributed by atoms with E-state index < -0.39 is 0 Å². The van der Waals surface area contributed by atoms with E-state index in [1.165, 1.54) is 24.5 Å². The van der Waals surface area contributed by atoms with Gasteiger partial charge in [-0.15, -0.1) is 11.3 Å². The first-order valence-electron chi connectivity index (χ1n) is 7.79. The highest BCUT2D eigenvalue weighted by molar-refractivity contribution is 7.15. The van der Waals surface area contributed by atoms with Crippen LogP contribution in [0.2, 0.25) is 0 Å². The Hall–Kier alpha value is -2.93. The van der Waals surface area contributed by atoms with E-state index in [0.717, 1.165) is 0 Å². The van der Waals surface area contributed by atoms with Crippen LogP contribution in [0.4, 0.5) is 10.1 Å². The normalized spacial score (nSPS) is 10.5. The molecule has 1 heterocycles. The number of halogens is 1. The van der Waals surface area contributed by atoms with Crippen LogP contribution in [0.3, 0.4) is 0 Å². The van der Waals surface area contributed by atoms with Crippen molar-refractivity contribution in [2.75, 3.05) is 19.5 Å². The molecular weight excluding hydrogens is 355 g/mol. The van der Waals surface area contributed by atoms with E-state index in [9.17, 15) is 9.18 Å². The zero-order chi connectivity index (χ0) is 18.7. The molecule has 26 heavy (non-hydrogen) atoms.